The second kappa shape index (κ2) is 11.2. The summed E-state index contributed by atoms with van der Waals surface area (Å²) in [5.74, 6) is 1.27. The van der Waals surface area contributed by atoms with Gasteiger partial charge in [0, 0.05) is 51.8 Å². The SMILES string of the molecule is C=CC1(C)c2cc(F)ccc2-c2c1c1c(c3cc(N4CCCCC4)ccc23)OC(c2ccc(OC)cc2)(c2ccc(C(C)=O)cc2)C=C1. The van der Waals surface area contributed by atoms with Crippen molar-refractivity contribution in [2.45, 2.75) is 44.1 Å². The average molecular weight is 636 g/mol. The van der Waals surface area contributed by atoms with Crippen LogP contribution in [-0.2, 0) is 11.0 Å². The van der Waals surface area contributed by atoms with E-state index in [0.717, 1.165) is 74.3 Å². The Kier molecular flexibility index (Phi) is 7.06. The van der Waals surface area contributed by atoms with Crippen molar-refractivity contribution in [1.29, 1.82) is 0 Å². The molecule has 2 unspecified atom stereocenters. The molecule has 5 aromatic rings. The molecule has 5 heteroatoms. The van der Waals surface area contributed by atoms with Crippen LogP contribution < -0.4 is 14.4 Å². The standard InChI is InChI=1S/C43H38FNO3/c1-5-42(3)38-25-31(44)15-19-35(38)39-34-20-16-32(45-23-7-6-8-24-45)26-37(34)41-36(40(39)42)21-22-43(48-41,30-13-17-33(47-4)18-14-30)29-11-9-28(10-12-29)27(2)46/h5,9-22,25-26H,1,6-8,23-24H2,2-4H3. The van der Waals surface area contributed by atoms with Crippen LogP contribution in [0.15, 0.2) is 104 Å². The van der Waals surface area contributed by atoms with Gasteiger partial charge in [-0.2, -0.15) is 0 Å². The van der Waals surface area contributed by atoms with Gasteiger partial charge in [0.15, 0.2) is 11.4 Å². The van der Waals surface area contributed by atoms with Gasteiger partial charge < -0.3 is 14.4 Å². The fourth-order valence-electron chi connectivity index (χ4n) is 8.08. The molecule has 0 amide bonds. The number of ether oxygens (including phenoxy) is 2. The molecule has 240 valence electrons. The Morgan fingerprint density at radius 3 is 2.29 bits per heavy atom. The Morgan fingerprint density at radius 2 is 1.62 bits per heavy atom. The van der Waals surface area contributed by atoms with E-state index in [9.17, 15) is 9.18 Å². The topological polar surface area (TPSA) is 38.8 Å². The third kappa shape index (κ3) is 4.44. The maximum atomic E-state index is 14.9. The number of halogens is 1. The number of ketones is 1. The number of hydrogen-bond acceptors (Lipinski definition) is 4. The van der Waals surface area contributed by atoms with Gasteiger partial charge in [0.1, 0.15) is 17.3 Å². The molecule has 5 aromatic carbocycles. The van der Waals surface area contributed by atoms with Crippen LogP contribution >= 0.6 is 0 Å². The van der Waals surface area contributed by atoms with Crippen molar-refractivity contribution in [2.75, 3.05) is 25.1 Å². The number of nitrogens with zero attached hydrogens (tertiary/aromatic N) is 1. The van der Waals surface area contributed by atoms with Crippen LogP contribution in [0.5, 0.6) is 11.5 Å². The molecule has 1 saturated heterocycles. The van der Waals surface area contributed by atoms with Gasteiger partial charge in [-0.05, 0) is 103 Å². The molecule has 0 radical (unpaired) electrons. The van der Waals surface area contributed by atoms with E-state index in [1.807, 2.05) is 60.7 Å². The van der Waals surface area contributed by atoms with Gasteiger partial charge >= 0.3 is 0 Å². The van der Waals surface area contributed by atoms with Crippen LogP contribution in [0, 0.1) is 5.82 Å². The van der Waals surface area contributed by atoms with Crippen LogP contribution in [0.2, 0.25) is 0 Å². The monoisotopic (exact) mass is 635 g/mol. The summed E-state index contributed by atoms with van der Waals surface area (Å²) in [5.41, 5.74) is 7.06. The number of hydrogen-bond donors (Lipinski definition) is 0. The van der Waals surface area contributed by atoms with E-state index in [1.54, 1.807) is 26.2 Å². The molecule has 1 fully saturated rings. The molecule has 0 saturated carbocycles. The number of carbonyl (C=O) groups excluding carboxylic acids is 1. The van der Waals surface area contributed by atoms with Gasteiger partial charge in [-0.1, -0.05) is 60.7 Å². The molecule has 0 bridgehead atoms. The molecule has 4 nitrogen and oxygen atoms in total. The van der Waals surface area contributed by atoms with E-state index < -0.39 is 11.0 Å². The summed E-state index contributed by atoms with van der Waals surface area (Å²) in [7, 11) is 1.66. The maximum Gasteiger partial charge on any atom is 0.178 e. The van der Waals surface area contributed by atoms with E-state index in [-0.39, 0.29) is 11.6 Å². The maximum absolute atomic E-state index is 14.9. The molecule has 8 rings (SSSR count). The van der Waals surface area contributed by atoms with Gasteiger partial charge in [0.2, 0.25) is 0 Å². The second-order valence-electron chi connectivity index (χ2n) is 13.4. The van der Waals surface area contributed by atoms with Crippen LogP contribution in [0.1, 0.15) is 71.3 Å². The van der Waals surface area contributed by atoms with E-state index in [4.69, 9.17) is 9.47 Å². The second-order valence-corrected chi connectivity index (χ2v) is 13.4. The first-order chi connectivity index (χ1) is 23.3. The van der Waals surface area contributed by atoms with Crippen LogP contribution in [0.3, 0.4) is 0 Å². The van der Waals surface area contributed by atoms with Crippen molar-refractivity contribution in [3.8, 4) is 22.6 Å². The minimum absolute atomic E-state index is 0.0111. The average Bonchev–Trinajstić information content (AvgIpc) is 3.39. The Morgan fingerprint density at radius 1 is 0.917 bits per heavy atom. The zero-order valence-electron chi connectivity index (χ0n) is 27.6. The summed E-state index contributed by atoms with van der Waals surface area (Å²) in [6.07, 6.45) is 9.83. The Bertz CT molecular complexity index is 2140. The first kappa shape index (κ1) is 30.2. The van der Waals surface area contributed by atoms with E-state index in [0.29, 0.717) is 5.56 Å². The number of Topliss-reactive ketones (excluding diaryl/α,β-unsaturated/α-hetero) is 1. The highest BCUT2D eigenvalue weighted by Crippen LogP contribution is 2.59. The molecule has 0 spiro atoms. The number of carbonyl (C=O) groups is 1. The Balaban J connectivity index is 1.43. The number of piperidine rings is 1. The quantitative estimate of drug-likeness (QED) is 0.138. The highest BCUT2D eigenvalue weighted by Gasteiger charge is 2.45. The smallest absolute Gasteiger partial charge is 0.178 e. The van der Waals surface area contributed by atoms with Gasteiger partial charge in [-0.3, -0.25) is 4.79 Å². The van der Waals surface area contributed by atoms with Gasteiger partial charge in [-0.25, -0.2) is 4.39 Å². The zero-order chi connectivity index (χ0) is 33.2. The molecule has 2 aliphatic heterocycles. The van der Waals surface area contributed by atoms with Crippen molar-refractivity contribution in [3.05, 3.63) is 143 Å². The first-order valence-corrected chi connectivity index (χ1v) is 16.7. The van der Waals surface area contributed by atoms with Crippen LogP contribution in [0.25, 0.3) is 28.0 Å². The van der Waals surface area contributed by atoms with E-state index >= 15 is 0 Å². The summed E-state index contributed by atoms with van der Waals surface area (Å²) in [5, 5.41) is 2.08. The predicted molar refractivity (Wildman–Crippen MR) is 192 cm³/mol. The normalized spacial score (nSPS) is 20.9. The van der Waals surface area contributed by atoms with Gasteiger partial charge in [-0.15, -0.1) is 6.58 Å². The minimum Gasteiger partial charge on any atom is -0.497 e. The predicted octanol–water partition coefficient (Wildman–Crippen LogP) is 10.0. The molecular formula is C43H38FNO3. The third-order valence-electron chi connectivity index (χ3n) is 10.7. The molecule has 1 aliphatic carbocycles. The van der Waals surface area contributed by atoms with Crippen molar-refractivity contribution in [2.24, 2.45) is 0 Å². The van der Waals surface area contributed by atoms with Crippen molar-refractivity contribution < 1.29 is 18.7 Å². The summed E-state index contributed by atoms with van der Waals surface area (Å²) in [6.45, 7) is 10.0. The van der Waals surface area contributed by atoms with E-state index in [2.05, 4.69) is 48.8 Å². The lowest BCUT2D eigenvalue weighted by Crippen LogP contribution is -2.35. The lowest BCUT2D eigenvalue weighted by atomic mass is 9.75. The number of allylic oxidation sites excluding steroid dienone is 1. The summed E-state index contributed by atoms with van der Waals surface area (Å²) >= 11 is 0. The molecule has 0 aromatic heterocycles. The first-order valence-electron chi connectivity index (χ1n) is 16.7. The third-order valence-corrected chi connectivity index (χ3v) is 10.7. The molecule has 0 N–H and O–H groups in total. The zero-order valence-corrected chi connectivity index (χ0v) is 27.6. The number of benzene rings is 5. The fourth-order valence-corrected chi connectivity index (χ4v) is 8.08. The van der Waals surface area contributed by atoms with Crippen LogP contribution in [0.4, 0.5) is 10.1 Å². The Hall–Kier alpha value is -5.16. The van der Waals surface area contributed by atoms with E-state index in [1.165, 1.54) is 24.9 Å². The molecule has 2 atom stereocenters. The van der Waals surface area contributed by atoms with Crippen LogP contribution in [-0.4, -0.2) is 26.0 Å². The van der Waals surface area contributed by atoms with Crippen molar-refractivity contribution >= 4 is 28.3 Å². The Labute approximate surface area is 281 Å². The number of methoxy groups -OCH3 is 1. The number of fused-ring (bicyclic) bond motifs is 8. The highest BCUT2D eigenvalue weighted by atomic mass is 19.1. The summed E-state index contributed by atoms with van der Waals surface area (Å²) in [4.78, 5) is 14.7. The minimum atomic E-state index is -1.00. The van der Waals surface area contributed by atoms with Gasteiger partial charge in [0.05, 0.1) is 7.11 Å². The van der Waals surface area contributed by atoms with Gasteiger partial charge in [0.25, 0.3) is 0 Å². The molecular weight excluding hydrogens is 597 g/mol. The van der Waals surface area contributed by atoms with Crippen molar-refractivity contribution in [1.82, 2.24) is 0 Å². The van der Waals surface area contributed by atoms with Crippen molar-refractivity contribution in [3.63, 3.8) is 0 Å². The largest absolute Gasteiger partial charge is 0.497 e. The number of anilines is 1. The molecule has 2 heterocycles. The highest BCUT2D eigenvalue weighted by molar-refractivity contribution is 6.09. The molecule has 3 aliphatic rings. The summed E-state index contributed by atoms with van der Waals surface area (Å²) in [6, 6.07) is 27.5. The fraction of sp³-hybridized carbons (Fsp3) is 0.233. The lowest BCUT2D eigenvalue weighted by molar-refractivity contribution is 0.101. The molecule has 48 heavy (non-hydrogen) atoms. The number of rotatable bonds is 6. The lowest BCUT2D eigenvalue weighted by Gasteiger charge is -2.39. The summed E-state index contributed by atoms with van der Waals surface area (Å²) < 4.78 is 27.9.